The molecule has 0 N–H and O–H groups in total. The summed E-state index contributed by atoms with van der Waals surface area (Å²) < 4.78 is 17.3. The molecule has 1 atom stereocenters. The van der Waals surface area contributed by atoms with E-state index in [-0.39, 0.29) is 31.0 Å². The van der Waals surface area contributed by atoms with E-state index < -0.39 is 0 Å². The molecule has 5 rings (SSSR count). The minimum absolute atomic E-state index is 0.121. The van der Waals surface area contributed by atoms with E-state index in [2.05, 4.69) is 42.2 Å². The number of imide groups is 1. The molecule has 2 amide bonds. The third-order valence-corrected chi connectivity index (χ3v) is 8.30. The molecule has 1 aliphatic carbocycles. The molecule has 204 valence electrons. The first-order valence-electron chi connectivity index (χ1n) is 14.1. The van der Waals surface area contributed by atoms with Crippen molar-refractivity contribution in [3.05, 3.63) is 53.1 Å². The molecule has 2 heterocycles. The van der Waals surface area contributed by atoms with Gasteiger partial charge in [-0.2, -0.15) is 0 Å². The Kier molecular flexibility index (Phi) is 8.52. The lowest BCUT2D eigenvalue weighted by Crippen LogP contribution is -2.33. The number of rotatable bonds is 11. The molecule has 2 fully saturated rings. The third-order valence-electron chi connectivity index (χ3n) is 8.30. The van der Waals surface area contributed by atoms with Gasteiger partial charge in [0, 0.05) is 38.4 Å². The molecule has 0 radical (unpaired) electrons. The fraction of sp³-hybridized carbons (Fsp3) is 0.548. The van der Waals surface area contributed by atoms with Crippen molar-refractivity contribution in [3.63, 3.8) is 0 Å². The molecule has 2 aromatic rings. The molecule has 0 aromatic heterocycles. The van der Waals surface area contributed by atoms with Crippen molar-refractivity contribution >= 4 is 11.8 Å². The molecular formula is C31H40N2O5. The summed E-state index contributed by atoms with van der Waals surface area (Å²) in [5.74, 6) is 2.80. The van der Waals surface area contributed by atoms with E-state index in [9.17, 15) is 9.59 Å². The number of nitrogens with zero attached hydrogens (tertiary/aromatic N) is 2. The Bertz CT molecular complexity index is 1130. The van der Waals surface area contributed by atoms with Crippen LogP contribution in [0.5, 0.6) is 17.2 Å². The van der Waals surface area contributed by atoms with Crippen LogP contribution in [-0.2, 0) is 22.6 Å². The maximum Gasteiger partial charge on any atom is 0.229 e. The monoisotopic (exact) mass is 520 g/mol. The molecule has 0 spiro atoms. The molecule has 2 aromatic carbocycles. The van der Waals surface area contributed by atoms with Gasteiger partial charge in [0.1, 0.15) is 12.4 Å². The highest BCUT2D eigenvalue weighted by Crippen LogP contribution is 2.34. The standard InChI is InChI=1S/C31H40N2O5/c1-22(25-9-11-27-26(19-25)14-16-37-27)32(20-23-6-4-3-5-7-23)21-24-8-10-28(29(18-24)36-2)38-17-15-33-30(34)12-13-31(33)35/h8-11,18-19,22-23H,3-7,12-17,20-21H2,1-2H3/t22-/m1/s1. The van der Waals surface area contributed by atoms with E-state index in [1.807, 2.05) is 6.07 Å². The van der Waals surface area contributed by atoms with Gasteiger partial charge in [-0.3, -0.25) is 19.4 Å². The summed E-state index contributed by atoms with van der Waals surface area (Å²) >= 11 is 0. The molecule has 1 saturated heterocycles. The second kappa shape index (κ2) is 12.2. The number of hydrogen-bond acceptors (Lipinski definition) is 6. The zero-order valence-electron chi connectivity index (χ0n) is 22.7. The molecule has 0 bridgehead atoms. The summed E-state index contributed by atoms with van der Waals surface area (Å²) in [7, 11) is 1.65. The Hall–Kier alpha value is -3.06. The highest BCUT2D eigenvalue weighted by molar-refractivity contribution is 6.01. The normalized spacial score (nSPS) is 18.6. The number of hydrogen-bond donors (Lipinski definition) is 0. The Morgan fingerprint density at radius 1 is 1.00 bits per heavy atom. The highest BCUT2D eigenvalue weighted by Gasteiger charge is 2.28. The summed E-state index contributed by atoms with van der Waals surface area (Å²) in [6.07, 6.45) is 8.21. The van der Waals surface area contributed by atoms with Crippen LogP contribution in [0.2, 0.25) is 0 Å². The summed E-state index contributed by atoms with van der Waals surface area (Å²) in [5, 5.41) is 0. The van der Waals surface area contributed by atoms with E-state index in [4.69, 9.17) is 14.2 Å². The summed E-state index contributed by atoms with van der Waals surface area (Å²) in [6.45, 7) is 5.50. The van der Waals surface area contributed by atoms with Crippen molar-refractivity contribution < 1.29 is 23.8 Å². The predicted molar refractivity (Wildman–Crippen MR) is 145 cm³/mol. The van der Waals surface area contributed by atoms with Gasteiger partial charge in [-0.1, -0.05) is 37.5 Å². The topological polar surface area (TPSA) is 68.3 Å². The number of amides is 2. The first-order chi connectivity index (χ1) is 18.5. The second-order valence-corrected chi connectivity index (χ2v) is 10.8. The van der Waals surface area contributed by atoms with Crippen LogP contribution in [0.1, 0.15) is 74.6 Å². The van der Waals surface area contributed by atoms with Crippen LogP contribution in [-0.4, -0.2) is 55.0 Å². The van der Waals surface area contributed by atoms with Gasteiger partial charge in [0.05, 0.1) is 20.3 Å². The number of carbonyl (C=O) groups is 2. The number of ether oxygens (including phenoxy) is 3. The van der Waals surface area contributed by atoms with E-state index >= 15 is 0 Å². The zero-order chi connectivity index (χ0) is 26.5. The summed E-state index contributed by atoms with van der Waals surface area (Å²) in [6, 6.07) is 13.0. The van der Waals surface area contributed by atoms with Gasteiger partial charge in [-0.25, -0.2) is 0 Å². The van der Waals surface area contributed by atoms with Crippen LogP contribution in [0, 0.1) is 5.92 Å². The lowest BCUT2D eigenvalue weighted by molar-refractivity contribution is -0.138. The van der Waals surface area contributed by atoms with Crippen LogP contribution < -0.4 is 14.2 Å². The van der Waals surface area contributed by atoms with Gasteiger partial charge in [-0.05, 0) is 60.6 Å². The van der Waals surface area contributed by atoms with Crippen molar-refractivity contribution in [2.24, 2.45) is 5.92 Å². The molecule has 0 unspecified atom stereocenters. The first kappa shape index (κ1) is 26.5. The molecule has 38 heavy (non-hydrogen) atoms. The van der Waals surface area contributed by atoms with Gasteiger partial charge >= 0.3 is 0 Å². The van der Waals surface area contributed by atoms with Crippen molar-refractivity contribution in [3.8, 4) is 17.2 Å². The van der Waals surface area contributed by atoms with E-state index in [0.717, 1.165) is 37.8 Å². The van der Waals surface area contributed by atoms with Crippen LogP contribution in [0.4, 0.5) is 0 Å². The van der Waals surface area contributed by atoms with Crippen LogP contribution in [0.3, 0.4) is 0 Å². The lowest BCUT2D eigenvalue weighted by atomic mass is 9.88. The highest BCUT2D eigenvalue weighted by atomic mass is 16.5. The van der Waals surface area contributed by atoms with E-state index in [1.54, 1.807) is 7.11 Å². The summed E-state index contributed by atoms with van der Waals surface area (Å²) in [4.78, 5) is 27.6. The Morgan fingerprint density at radius 2 is 1.79 bits per heavy atom. The largest absolute Gasteiger partial charge is 0.493 e. The van der Waals surface area contributed by atoms with Gasteiger partial charge in [0.2, 0.25) is 11.8 Å². The van der Waals surface area contributed by atoms with Gasteiger partial charge in [0.15, 0.2) is 11.5 Å². The second-order valence-electron chi connectivity index (χ2n) is 10.8. The maximum absolute atomic E-state index is 11.9. The smallest absolute Gasteiger partial charge is 0.229 e. The minimum Gasteiger partial charge on any atom is -0.493 e. The van der Waals surface area contributed by atoms with Crippen LogP contribution in [0.15, 0.2) is 36.4 Å². The van der Waals surface area contributed by atoms with Crippen molar-refractivity contribution in [1.82, 2.24) is 9.80 Å². The number of fused-ring (bicyclic) bond motifs is 1. The van der Waals surface area contributed by atoms with Crippen molar-refractivity contribution in [2.75, 3.05) is 33.4 Å². The predicted octanol–water partition coefficient (Wildman–Crippen LogP) is 5.30. The van der Waals surface area contributed by atoms with Gasteiger partial charge in [0.25, 0.3) is 0 Å². The molecule has 1 saturated carbocycles. The van der Waals surface area contributed by atoms with Crippen molar-refractivity contribution in [2.45, 2.75) is 70.9 Å². The average molecular weight is 521 g/mol. The van der Waals surface area contributed by atoms with Crippen molar-refractivity contribution in [1.29, 1.82) is 0 Å². The molecule has 2 aliphatic heterocycles. The first-order valence-corrected chi connectivity index (χ1v) is 14.1. The van der Waals surface area contributed by atoms with Gasteiger partial charge < -0.3 is 14.2 Å². The lowest BCUT2D eigenvalue weighted by Gasteiger charge is -2.34. The Balaban J connectivity index is 1.28. The van der Waals surface area contributed by atoms with Crippen LogP contribution in [0.25, 0.3) is 0 Å². The van der Waals surface area contributed by atoms with Gasteiger partial charge in [-0.15, -0.1) is 0 Å². The van der Waals surface area contributed by atoms with E-state index in [1.165, 1.54) is 53.7 Å². The van der Waals surface area contributed by atoms with E-state index in [0.29, 0.717) is 24.3 Å². The maximum atomic E-state index is 11.9. The Labute approximate surface area is 226 Å². The summed E-state index contributed by atoms with van der Waals surface area (Å²) in [5.41, 5.74) is 3.82. The Morgan fingerprint density at radius 3 is 2.55 bits per heavy atom. The van der Waals surface area contributed by atoms with Crippen LogP contribution >= 0.6 is 0 Å². The molecule has 3 aliphatic rings. The molecule has 7 heteroatoms. The SMILES string of the molecule is COc1cc(CN(CC2CCCCC2)[C@H](C)c2ccc3c(c2)CCO3)ccc1OCCN1C(=O)CCC1=O. The number of likely N-dealkylation sites (tertiary alicyclic amines) is 1. The fourth-order valence-electron chi connectivity index (χ4n) is 6.02. The number of benzene rings is 2. The average Bonchev–Trinajstić information content (AvgIpc) is 3.54. The molecule has 7 nitrogen and oxygen atoms in total. The third kappa shape index (κ3) is 6.15. The fourth-order valence-corrected chi connectivity index (χ4v) is 6.02. The quantitative estimate of drug-likeness (QED) is 0.375. The number of carbonyl (C=O) groups excluding carboxylic acids is 2. The molecular weight excluding hydrogens is 480 g/mol. The minimum atomic E-state index is -0.121. The number of methoxy groups -OCH3 is 1. The zero-order valence-corrected chi connectivity index (χ0v) is 22.7.